The molecule has 14 nitrogen and oxygen atoms in total. The van der Waals surface area contributed by atoms with Crippen molar-refractivity contribution in [3.05, 3.63) is 93.9 Å². The zero-order chi connectivity index (χ0) is 43.5. The summed E-state index contributed by atoms with van der Waals surface area (Å²) in [5.74, 6) is -3.29. The summed E-state index contributed by atoms with van der Waals surface area (Å²) in [5.41, 5.74) is 7.20. The number of piperazine rings is 1. The van der Waals surface area contributed by atoms with E-state index in [1.807, 2.05) is 19.1 Å². The highest BCUT2D eigenvalue weighted by molar-refractivity contribution is 6.24. The second-order valence-electron chi connectivity index (χ2n) is 16.7. The highest BCUT2D eigenvalue weighted by atomic mass is 16.6. The molecule has 0 unspecified atom stereocenters. The number of carbonyl (C=O) groups excluding carboxylic acids is 5. The molecule has 326 valence electrons. The molecule has 1 saturated heterocycles. The molecule has 0 radical (unpaired) electrons. The lowest BCUT2D eigenvalue weighted by molar-refractivity contribution is -0.120. The van der Waals surface area contributed by atoms with Crippen LogP contribution in [-0.2, 0) is 35.1 Å². The number of Topliss-reactive ketones (excluding diaryl/α,β-unsaturated/α-hetero) is 1. The van der Waals surface area contributed by atoms with E-state index >= 15 is 0 Å². The minimum Gasteiger partial charge on any atom is -0.439 e. The number of nitrogens with two attached hydrogens (primary N) is 1. The Kier molecular flexibility index (Phi) is 16.7. The number of amides is 3. The van der Waals surface area contributed by atoms with Gasteiger partial charge in [-0.1, -0.05) is 69.5 Å². The molecule has 1 aromatic carbocycles. The summed E-state index contributed by atoms with van der Waals surface area (Å²) in [6, 6.07) is 8.00. The molecule has 4 aliphatic rings. The predicted octanol–water partition coefficient (Wildman–Crippen LogP) is 4.64. The molecule has 0 aromatic heterocycles. The van der Waals surface area contributed by atoms with Crippen LogP contribution >= 0.6 is 0 Å². The SMILES string of the molecule is CO[C@H]1/C=C\C=C(/C)C(=O)NC2=CC(=O)C(NC(=O)c3ccc(CN4CCN(C5CCCCC5)CC4)cc3)=C(C[C@@H](C)C[C@H](OC)[C@H](O)[C@@H](C)/C=C(\C)[C@@H]1OC(N)=O)C2=O. The first kappa shape index (κ1) is 46.3. The van der Waals surface area contributed by atoms with Gasteiger partial charge in [0.05, 0.1) is 23.6 Å². The predicted molar refractivity (Wildman–Crippen MR) is 227 cm³/mol. The van der Waals surface area contributed by atoms with E-state index in [2.05, 4.69) is 20.4 Å². The van der Waals surface area contributed by atoms with Crippen LogP contribution in [0.5, 0.6) is 0 Å². The molecule has 1 aromatic rings. The number of aliphatic hydroxyl groups excluding tert-OH is 1. The fraction of sp³-hybridized carbons (Fsp3) is 0.543. The maximum Gasteiger partial charge on any atom is 0.405 e. The minimum atomic E-state index is -1.04. The van der Waals surface area contributed by atoms with Crippen molar-refractivity contribution in [3.8, 4) is 0 Å². The monoisotopic (exact) mass is 829 g/mol. The van der Waals surface area contributed by atoms with Gasteiger partial charge in [0, 0.05) is 81.7 Å². The van der Waals surface area contributed by atoms with Gasteiger partial charge in [-0.25, -0.2) is 4.79 Å². The molecule has 2 aliphatic heterocycles. The number of aliphatic hydroxyl groups is 1. The smallest absolute Gasteiger partial charge is 0.405 e. The zero-order valence-corrected chi connectivity index (χ0v) is 35.9. The normalized spacial score (nSPS) is 29.7. The van der Waals surface area contributed by atoms with Gasteiger partial charge < -0.3 is 35.7 Å². The van der Waals surface area contributed by atoms with Crippen LogP contribution in [0, 0.1) is 11.8 Å². The molecule has 60 heavy (non-hydrogen) atoms. The Hall–Kier alpha value is -4.73. The van der Waals surface area contributed by atoms with E-state index < -0.39 is 59.8 Å². The van der Waals surface area contributed by atoms with Gasteiger partial charge in [-0.2, -0.15) is 0 Å². The summed E-state index contributed by atoms with van der Waals surface area (Å²) in [6.07, 6.45) is 9.72. The average molecular weight is 830 g/mol. The average Bonchev–Trinajstić information content (AvgIpc) is 3.23. The molecule has 2 fully saturated rings. The largest absolute Gasteiger partial charge is 0.439 e. The fourth-order valence-corrected chi connectivity index (χ4v) is 8.66. The highest BCUT2D eigenvalue weighted by Crippen LogP contribution is 2.30. The number of primary amides is 1. The second kappa shape index (κ2) is 21.7. The lowest BCUT2D eigenvalue weighted by atomic mass is 9.85. The van der Waals surface area contributed by atoms with Gasteiger partial charge in [-0.3, -0.25) is 29.0 Å². The molecule has 1 saturated carbocycles. The third-order valence-corrected chi connectivity index (χ3v) is 12.2. The van der Waals surface area contributed by atoms with Crippen molar-refractivity contribution in [3.63, 3.8) is 0 Å². The number of hydrogen-bond donors (Lipinski definition) is 4. The number of hydrogen-bond acceptors (Lipinski definition) is 11. The third kappa shape index (κ3) is 12.2. The molecule has 6 atom stereocenters. The van der Waals surface area contributed by atoms with Crippen molar-refractivity contribution in [1.29, 1.82) is 0 Å². The topological polar surface area (TPSA) is 190 Å². The van der Waals surface area contributed by atoms with Crippen LogP contribution in [0.25, 0.3) is 0 Å². The number of ether oxygens (including phenoxy) is 3. The number of nitrogens with zero attached hydrogens (tertiary/aromatic N) is 2. The zero-order valence-electron chi connectivity index (χ0n) is 35.9. The van der Waals surface area contributed by atoms with Crippen molar-refractivity contribution in [2.45, 2.75) is 110 Å². The van der Waals surface area contributed by atoms with Gasteiger partial charge in [0.25, 0.3) is 11.8 Å². The molecular formula is C46H63N5O9. The molecule has 2 aliphatic carbocycles. The molecule has 0 spiro atoms. The number of ketones is 2. The first-order valence-corrected chi connectivity index (χ1v) is 21.1. The van der Waals surface area contributed by atoms with E-state index in [0.29, 0.717) is 17.2 Å². The molecule has 5 rings (SSSR count). The summed E-state index contributed by atoms with van der Waals surface area (Å²) in [5, 5.41) is 16.8. The highest BCUT2D eigenvalue weighted by Gasteiger charge is 2.34. The van der Waals surface area contributed by atoms with Crippen LogP contribution < -0.4 is 16.4 Å². The van der Waals surface area contributed by atoms with E-state index in [1.54, 1.807) is 38.1 Å². The lowest BCUT2D eigenvalue weighted by Gasteiger charge is -2.40. The maximum absolute atomic E-state index is 14.1. The number of methoxy groups -OCH3 is 2. The van der Waals surface area contributed by atoms with Crippen LogP contribution in [-0.4, -0.2) is 115 Å². The quantitative estimate of drug-likeness (QED) is 0.211. The Balaban J connectivity index is 1.36. The molecule has 14 heteroatoms. The first-order valence-electron chi connectivity index (χ1n) is 21.1. The Bertz CT molecular complexity index is 1890. The van der Waals surface area contributed by atoms with Crippen molar-refractivity contribution < 1.29 is 43.3 Å². The molecular weight excluding hydrogens is 767 g/mol. The minimum absolute atomic E-state index is 0.0256. The number of allylic oxidation sites excluding steroid dienone is 4. The van der Waals surface area contributed by atoms with Crippen molar-refractivity contribution in [2.24, 2.45) is 17.6 Å². The molecule has 3 amide bonds. The van der Waals surface area contributed by atoms with Crippen molar-refractivity contribution in [1.82, 2.24) is 20.4 Å². The van der Waals surface area contributed by atoms with E-state index in [0.717, 1.165) is 44.4 Å². The number of nitrogens with one attached hydrogen (secondary N) is 2. The van der Waals surface area contributed by atoms with Crippen molar-refractivity contribution >= 4 is 29.5 Å². The molecule has 2 heterocycles. The van der Waals surface area contributed by atoms with Crippen LogP contribution in [0.15, 0.2) is 82.8 Å². The summed E-state index contributed by atoms with van der Waals surface area (Å²) >= 11 is 0. The summed E-state index contributed by atoms with van der Waals surface area (Å²) in [6.45, 7) is 11.8. The Morgan fingerprint density at radius 3 is 2.28 bits per heavy atom. The summed E-state index contributed by atoms with van der Waals surface area (Å²) < 4.78 is 16.8. The molecule has 2 bridgehead atoms. The van der Waals surface area contributed by atoms with Gasteiger partial charge in [-0.05, 0) is 68.7 Å². The number of fused-ring (bicyclic) bond motifs is 2. The Morgan fingerprint density at radius 1 is 0.967 bits per heavy atom. The van der Waals surface area contributed by atoms with Crippen LogP contribution in [0.1, 0.15) is 88.6 Å². The van der Waals surface area contributed by atoms with E-state index in [4.69, 9.17) is 19.9 Å². The van der Waals surface area contributed by atoms with Gasteiger partial charge in [0.15, 0.2) is 6.10 Å². The van der Waals surface area contributed by atoms with Crippen LogP contribution in [0.2, 0.25) is 0 Å². The first-order chi connectivity index (χ1) is 28.7. The summed E-state index contributed by atoms with van der Waals surface area (Å²) in [4.78, 5) is 72.0. The van der Waals surface area contributed by atoms with Crippen LogP contribution in [0.3, 0.4) is 0 Å². The van der Waals surface area contributed by atoms with Gasteiger partial charge in [0.1, 0.15) is 6.10 Å². The third-order valence-electron chi connectivity index (χ3n) is 12.2. The maximum atomic E-state index is 14.1. The Morgan fingerprint density at radius 2 is 1.65 bits per heavy atom. The van der Waals surface area contributed by atoms with Gasteiger partial charge in [-0.15, -0.1) is 0 Å². The van der Waals surface area contributed by atoms with E-state index in [1.165, 1.54) is 65.4 Å². The Labute approximate surface area is 353 Å². The number of benzene rings is 1. The fourth-order valence-electron chi connectivity index (χ4n) is 8.66. The second-order valence-corrected chi connectivity index (χ2v) is 16.7. The van der Waals surface area contributed by atoms with Gasteiger partial charge >= 0.3 is 6.09 Å². The standard InChI is InChI=1S/C46H63N5O9/c1-28-23-35-40(49-45(56)33-17-15-32(16-18-33)27-50-19-21-51(22-20-50)34-12-8-7-9-13-34)37(52)26-36(42(35)54)48-44(55)29(2)11-10-14-38(58-5)43(60-46(47)57)31(4)25-30(3)41(53)39(24-28)59-6/h10-11,14-18,25-26,28,30,34,38-39,41,43,53H,7-9,12-13,19-24,27H2,1-6H3,(H2,47,57)(H,48,55)(H,49,56)/b14-10-,29-11+,31-25+/t28-,30+,38+,39+,41-,43+/m1/s1. The molecule has 5 N–H and O–H groups in total. The number of rotatable bonds is 8. The van der Waals surface area contributed by atoms with E-state index in [9.17, 15) is 29.1 Å². The van der Waals surface area contributed by atoms with E-state index in [-0.39, 0.29) is 41.3 Å². The van der Waals surface area contributed by atoms with Gasteiger partial charge in [0.2, 0.25) is 11.6 Å². The summed E-state index contributed by atoms with van der Waals surface area (Å²) in [7, 11) is 2.90. The number of carbonyl (C=O) groups is 5. The van der Waals surface area contributed by atoms with Crippen LogP contribution in [0.4, 0.5) is 4.79 Å². The van der Waals surface area contributed by atoms with Crippen molar-refractivity contribution in [2.75, 3.05) is 40.4 Å². The lowest BCUT2D eigenvalue weighted by Crippen LogP contribution is -2.50.